The topological polar surface area (TPSA) is 86.1 Å². The highest BCUT2D eigenvalue weighted by Crippen LogP contribution is 2.33. The van der Waals surface area contributed by atoms with Gasteiger partial charge < -0.3 is 20.1 Å². The van der Waals surface area contributed by atoms with Crippen LogP contribution in [-0.4, -0.2) is 51.2 Å². The molecule has 2 saturated heterocycles. The van der Waals surface area contributed by atoms with Gasteiger partial charge in [-0.1, -0.05) is 18.5 Å². The van der Waals surface area contributed by atoms with Gasteiger partial charge in [-0.2, -0.15) is 10.1 Å². The molecule has 0 bridgehead atoms. The van der Waals surface area contributed by atoms with E-state index in [2.05, 4.69) is 32.6 Å². The van der Waals surface area contributed by atoms with E-state index in [9.17, 15) is 0 Å². The summed E-state index contributed by atoms with van der Waals surface area (Å²) < 4.78 is 13.4. The molecule has 2 unspecified atom stereocenters. The van der Waals surface area contributed by atoms with Gasteiger partial charge in [0.05, 0.1) is 43.4 Å². The lowest BCUT2D eigenvalue weighted by Crippen LogP contribution is -2.35. The lowest BCUT2D eigenvalue weighted by molar-refractivity contribution is 0.0653. The normalized spacial score (nSPS) is 28.8. The van der Waals surface area contributed by atoms with E-state index in [1.807, 2.05) is 13.2 Å². The summed E-state index contributed by atoms with van der Waals surface area (Å²) in [6.07, 6.45) is 5.28. The molecule has 2 fully saturated rings. The minimum Gasteiger partial charge on any atom is -0.373 e. The molecule has 0 saturated carbocycles. The van der Waals surface area contributed by atoms with Crippen molar-refractivity contribution in [1.82, 2.24) is 19.7 Å². The molecule has 4 atom stereocenters. The van der Waals surface area contributed by atoms with Crippen molar-refractivity contribution in [2.24, 2.45) is 13.0 Å². The van der Waals surface area contributed by atoms with Crippen molar-refractivity contribution >= 4 is 29.1 Å². The predicted octanol–water partition coefficient (Wildman–Crippen LogP) is 1.82. The van der Waals surface area contributed by atoms with Crippen molar-refractivity contribution in [3.05, 3.63) is 23.6 Å². The Labute approximate surface area is 144 Å². The van der Waals surface area contributed by atoms with Crippen molar-refractivity contribution in [2.75, 3.05) is 23.8 Å². The second-order valence-electron chi connectivity index (χ2n) is 6.24. The molecule has 4 rings (SSSR count). The van der Waals surface area contributed by atoms with Gasteiger partial charge in [0.15, 0.2) is 5.82 Å². The predicted molar refractivity (Wildman–Crippen MR) is 89.6 cm³/mol. The molecule has 24 heavy (non-hydrogen) atoms. The number of ether oxygens (including phenoxy) is 2. The molecule has 2 aromatic heterocycles. The van der Waals surface area contributed by atoms with Crippen LogP contribution in [0.15, 0.2) is 18.6 Å². The van der Waals surface area contributed by atoms with Gasteiger partial charge in [-0.25, -0.2) is 4.98 Å². The molecule has 8 nitrogen and oxygen atoms in total. The van der Waals surface area contributed by atoms with E-state index in [4.69, 9.17) is 21.1 Å². The lowest BCUT2D eigenvalue weighted by atomic mass is 10.0. The minimum absolute atomic E-state index is 0.0265. The molecule has 0 radical (unpaired) electrons. The van der Waals surface area contributed by atoms with Crippen molar-refractivity contribution in [1.29, 1.82) is 0 Å². The second kappa shape index (κ2) is 6.19. The standard InChI is InChI=1S/C15H19ClN6O2/c1-8-6-23-13-11(7-24-12(8)13)20-14-10(16)4-17-15(21-14)19-9-3-18-22(2)5-9/h3-5,8,11-13H,6-7H2,1-2H3,(H2,17,19,20,21)/t8-,11+,12?,13?/m0/s1. The van der Waals surface area contributed by atoms with Gasteiger partial charge >= 0.3 is 0 Å². The van der Waals surface area contributed by atoms with Crippen LogP contribution in [0.2, 0.25) is 5.02 Å². The number of aromatic nitrogens is 4. The van der Waals surface area contributed by atoms with Gasteiger partial charge in [-0.3, -0.25) is 4.68 Å². The zero-order valence-electron chi connectivity index (χ0n) is 13.4. The summed E-state index contributed by atoms with van der Waals surface area (Å²) in [7, 11) is 1.85. The van der Waals surface area contributed by atoms with Crippen LogP contribution in [0, 0.1) is 5.92 Å². The first-order chi connectivity index (χ1) is 11.6. The Morgan fingerprint density at radius 1 is 1.25 bits per heavy atom. The van der Waals surface area contributed by atoms with Crippen molar-refractivity contribution in [2.45, 2.75) is 25.2 Å². The zero-order chi connectivity index (χ0) is 16.7. The summed E-state index contributed by atoms with van der Waals surface area (Å²) in [6, 6.07) is 0.0265. The number of hydrogen-bond donors (Lipinski definition) is 2. The van der Waals surface area contributed by atoms with Gasteiger partial charge in [0.2, 0.25) is 5.95 Å². The van der Waals surface area contributed by atoms with E-state index in [0.29, 0.717) is 29.3 Å². The maximum Gasteiger partial charge on any atom is 0.229 e. The number of hydrogen-bond acceptors (Lipinski definition) is 7. The Morgan fingerprint density at radius 3 is 2.88 bits per heavy atom. The SMILES string of the molecule is C[C@H]1COC2C1OC[C@H]2Nc1nc(Nc2cnn(C)c2)ncc1Cl. The zero-order valence-corrected chi connectivity index (χ0v) is 14.2. The molecule has 2 aliphatic heterocycles. The number of nitrogens with one attached hydrogen (secondary N) is 2. The number of aryl methyl sites for hydroxylation is 1. The summed E-state index contributed by atoms with van der Waals surface area (Å²) in [5.74, 6) is 1.42. The van der Waals surface area contributed by atoms with Crippen molar-refractivity contribution in [3.8, 4) is 0 Å². The van der Waals surface area contributed by atoms with Crippen LogP contribution < -0.4 is 10.6 Å². The monoisotopic (exact) mass is 350 g/mol. The fraction of sp³-hybridized carbons (Fsp3) is 0.533. The highest BCUT2D eigenvalue weighted by Gasteiger charge is 2.46. The van der Waals surface area contributed by atoms with Gasteiger partial charge in [0, 0.05) is 19.2 Å². The molecule has 0 spiro atoms. The average Bonchev–Trinajstić information content (AvgIpc) is 3.23. The summed E-state index contributed by atoms with van der Waals surface area (Å²) in [5, 5.41) is 11.0. The Kier molecular flexibility index (Phi) is 4.03. The van der Waals surface area contributed by atoms with Gasteiger partial charge in [-0.15, -0.1) is 0 Å². The Hall–Kier alpha value is -1.90. The van der Waals surface area contributed by atoms with E-state index in [-0.39, 0.29) is 18.2 Å². The van der Waals surface area contributed by atoms with Crippen molar-refractivity contribution in [3.63, 3.8) is 0 Å². The maximum atomic E-state index is 6.24. The van der Waals surface area contributed by atoms with E-state index in [0.717, 1.165) is 12.3 Å². The molecular formula is C15H19ClN6O2. The molecule has 0 aliphatic carbocycles. The molecule has 0 amide bonds. The fourth-order valence-electron chi connectivity index (χ4n) is 3.13. The molecule has 2 N–H and O–H groups in total. The van der Waals surface area contributed by atoms with E-state index in [1.165, 1.54) is 0 Å². The fourth-order valence-corrected chi connectivity index (χ4v) is 3.28. The van der Waals surface area contributed by atoms with E-state index >= 15 is 0 Å². The highest BCUT2D eigenvalue weighted by atomic mass is 35.5. The summed E-state index contributed by atoms with van der Waals surface area (Å²) in [4.78, 5) is 8.66. The largest absolute Gasteiger partial charge is 0.373 e. The molecular weight excluding hydrogens is 332 g/mol. The van der Waals surface area contributed by atoms with Gasteiger partial charge in [0.25, 0.3) is 0 Å². The first-order valence-corrected chi connectivity index (χ1v) is 8.26. The third kappa shape index (κ3) is 2.92. The van der Waals surface area contributed by atoms with Crippen molar-refractivity contribution < 1.29 is 9.47 Å². The Balaban J connectivity index is 1.49. The first-order valence-electron chi connectivity index (χ1n) is 7.88. The van der Waals surface area contributed by atoms with Crippen LogP contribution in [0.1, 0.15) is 6.92 Å². The Morgan fingerprint density at radius 2 is 2.08 bits per heavy atom. The van der Waals surface area contributed by atoms with Crippen LogP contribution in [0.5, 0.6) is 0 Å². The average molecular weight is 351 g/mol. The smallest absolute Gasteiger partial charge is 0.229 e. The maximum absolute atomic E-state index is 6.24. The molecule has 2 aliphatic rings. The highest BCUT2D eigenvalue weighted by molar-refractivity contribution is 6.32. The summed E-state index contributed by atoms with van der Waals surface area (Å²) >= 11 is 6.24. The summed E-state index contributed by atoms with van der Waals surface area (Å²) in [6.45, 7) is 3.44. The lowest BCUT2D eigenvalue weighted by Gasteiger charge is -2.19. The molecule has 0 aromatic carbocycles. The third-order valence-corrected chi connectivity index (χ3v) is 4.60. The van der Waals surface area contributed by atoms with Crippen LogP contribution in [0.4, 0.5) is 17.5 Å². The van der Waals surface area contributed by atoms with Crippen LogP contribution in [-0.2, 0) is 16.5 Å². The second-order valence-corrected chi connectivity index (χ2v) is 6.65. The summed E-state index contributed by atoms with van der Waals surface area (Å²) in [5.41, 5.74) is 0.808. The number of anilines is 3. The van der Waals surface area contributed by atoms with E-state index in [1.54, 1.807) is 17.1 Å². The van der Waals surface area contributed by atoms with E-state index < -0.39 is 0 Å². The number of halogens is 1. The quantitative estimate of drug-likeness (QED) is 0.869. The van der Waals surface area contributed by atoms with Gasteiger partial charge in [-0.05, 0) is 0 Å². The molecule has 128 valence electrons. The van der Waals surface area contributed by atoms with Crippen LogP contribution >= 0.6 is 11.6 Å². The minimum atomic E-state index is 0.0265. The molecule has 4 heterocycles. The third-order valence-electron chi connectivity index (χ3n) is 4.33. The molecule has 9 heteroatoms. The van der Waals surface area contributed by atoms with Crippen LogP contribution in [0.25, 0.3) is 0 Å². The Bertz CT molecular complexity index is 739. The van der Waals surface area contributed by atoms with Crippen LogP contribution in [0.3, 0.4) is 0 Å². The van der Waals surface area contributed by atoms with Gasteiger partial charge in [0.1, 0.15) is 11.1 Å². The number of nitrogens with zero attached hydrogens (tertiary/aromatic N) is 4. The number of fused-ring (bicyclic) bond motifs is 1. The first kappa shape index (κ1) is 15.6. The number of rotatable bonds is 4. The molecule has 2 aromatic rings.